The van der Waals surface area contributed by atoms with Crippen LogP contribution in [0.3, 0.4) is 0 Å². The lowest BCUT2D eigenvalue weighted by Crippen LogP contribution is -1.87. The predicted molar refractivity (Wildman–Crippen MR) is 55.3 cm³/mol. The highest BCUT2D eigenvalue weighted by atomic mass is 35.5. The third-order valence-electron chi connectivity index (χ3n) is 1.61. The lowest BCUT2D eigenvalue weighted by Gasteiger charge is -2.07. The second-order valence-electron chi connectivity index (χ2n) is 2.58. The van der Waals surface area contributed by atoms with E-state index in [9.17, 15) is 0 Å². The van der Waals surface area contributed by atoms with Gasteiger partial charge in [0.2, 0.25) is 0 Å². The van der Waals surface area contributed by atoms with Crippen molar-refractivity contribution in [1.82, 2.24) is 0 Å². The van der Waals surface area contributed by atoms with Crippen LogP contribution < -0.4 is 0 Å². The van der Waals surface area contributed by atoms with E-state index >= 15 is 0 Å². The Kier molecular flexibility index (Phi) is 3.70. The number of alkyl halides is 1. The maximum Gasteiger partial charge on any atom is 0.0583 e. The topological polar surface area (TPSA) is 0 Å². The molecule has 66 valence electrons. The molecule has 0 bridgehead atoms. The van der Waals surface area contributed by atoms with Gasteiger partial charge in [0.1, 0.15) is 0 Å². The van der Waals surface area contributed by atoms with Crippen LogP contribution in [0.15, 0.2) is 18.2 Å². The van der Waals surface area contributed by atoms with Crippen LogP contribution in [0.25, 0.3) is 0 Å². The average molecular weight is 224 g/mol. The standard InChI is InChI=1S/C9H9Cl3/c1-2-9(12)6-3-7(10)5-8(11)4-6/h3-5,9H,2H2,1H3. The van der Waals surface area contributed by atoms with Crippen molar-refractivity contribution in [2.75, 3.05) is 0 Å². The minimum Gasteiger partial charge on any atom is -0.118 e. The molecule has 1 unspecified atom stereocenters. The van der Waals surface area contributed by atoms with Crippen molar-refractivity contribution >= 4 is 34.8 Å². The smallest absolute Gasteiger partial charge is 0.0583 e. The highest BCUT2D eigenvalue weighted by molar-refractivity contribution is 6.34. The Morgan fingerprint density at radius 3 is 2.08 bits per heavy atom. The Hall–Kier alpha value is 0.0900. The van der Waals surface area contributed by atoms with Crippen molar-refractivity contribution in [3.05, 3.63) is 33.8 Å². The van der Waals surface area contributed by atoms with Gasteiger partial charge in [-0.05, 0) is 30.2 Å². The van der Waals surface area contributed by atoms with Gasteiger partial charge in [-0.1, -0.05) is 30.1 Å². The zero-order chi connectivity index (χ0) is 9.14. The minimum atomic E-state index is 0.00111. The van der Waals surface area contributed by atoms with E-state index in [2.05, 4.69) is 0 Å². The number of hydrogen-bond donors (Lipinski definition) is 0. The van der Waals surface area contributed by atoms with Crippen LogP contribution in [-0.4, -0.2) is 0 Å². The molecule has 0 spiro atoms. The molecular formula is C9H9Cl3. The van der Waals surface area contributed by atoms with Gasteiger partial charge in [-0.2, -0.15) is 0 Å². The quantitative estimate of drug-likeness (QED) is 0.639. The molecule has 0 aliphatic rings. The minimum absolute atomic E-state index is 0.00111. The summed E-state index contributed by atoms with van der Waals surface area (Å²) in [4.78, 5) is 0. The Bertz CT molecular complexity index is 250. The summed E-state index contributed by atoms with van der Waals surface area (Å²) in [6.45, 7) is 2.02. The monoisotopic (exact) mass is 222 g/mol. The normalized spacial score (nSPS) is 13.0. The van der Waals surface area contributed by atoms with Crippen molar-refractivity contribution < 1.29 is 0 Å². The van der Waals surface area contributed by atoms with Gasteiger partial charge in [-0.15, -0.1) is 11.6 Å². The van der Waals surface area contributed by atoms with Crippen molar-refractivity contribution in [2.24, 2.45) is 0 Å². The summed E-state index contributed by atoms with van der Waals surface area (Å²) in [5.41, 5.74) is 0.983. The van der Waals surface area contributed by atoms with E-state index in [4.69, 9.17) is 34.8 Å². The van der Waals surface area contributed by atoms with E-state index in [0.717, 1.165) is 12.0 Å². The summed E-state index contributed by atoms with van der Waals surface area (Å²) in [6.07, 6.45) is 0.873. The fourth-order valence-electron chi connectivity index (χ4n) is 0.992. The summed E-state index contributed by atoms with van der Waals surface area (Å²) in [5.74, 6) is 0. The van der Waals surface area contributed by atoms with Crippen LogP contribution in [0.1, 0.15) is 24.3 Å². The first-order valence-corrected chi connectivity index (χ1v) is 4.92. The Balaban J connectivity index is 3.00. The van der Waals surface area contributed by atoms with Crippen molar-refractivity contribution in [1.29, 1.82) is 0 Å². The van der Waals surface area contributed by atoms with E-state index in [-0.39, 0.29) is 5.38 Å². The van der Waals surface area contributed by atoms with Gasteiger partial charge in [-0.25, -0.2) is 0 Å². The molecule has 0 aromatic heterocycles. The first-order chi connectivity index (χ1) is 5.63. The van der Waals surface area contributed by atoms with Gasteiger partial charge in [0.25, 0.3) is 0 Å². The molecule has 0 heterocycles. The molecule has 0 aliphatic carbocycles. The first kappa shape index (κ1) is 10.2. The molecule has 0 nitrogen and oxygen atoms in total. The van der Waals surface area contributed by atoms with Crippen LogP contribution in [0, 0.1) is 0 Å². The molecule has 0 fully saturated rings. The largest absolute Gasteiger partial charge is 0.118 e. The molecule has 12 heavy (non-hydrogen) atoms. The van der Waals surface area contributed by atoms with E-state index < -0.39 is 0 Å². The highest BCUT2D eigenvalue weighted by Crippen LogP contribution is 2.28. The average Bonchev–Trinajstić information content (AvgIpc) is 2.01. The van der Waals surface area contributed by atoms with Crippen molar-refractivity contribution in [2.45, 2.75) is 18.7 Å². The number of rotatable bonds is 2. The van der Waals surface area contributed by atoms with Gasteiger partial charge in [0.05, 0.1) is 5.38 Å². The fourth-order valence-corrected chi connectivity index (χ4v) is 1.66. The summed E-state index contributed by atoms with van der Waals surface area (Å²) in [7, 11) is 0. The molecule has 0 aliphatic heterocycles. The molecule has 3 heteroatoms. The summed E-state index contributed by atoms with van der Waals surface area (Å²) < 4.78 is 0. The van der Waals surface area contributed by atoms with Gasteiger partial charge >= 0.3 is 0 Å². The van der Waals surface area contributed by atoms with E-state index in [0.29, 0.717) is 10.0 Å². The van der Waals surface area contributed by atoms with Crippen LogP contribution >= 0.6 is 34.8 Å². The third kappa shape index (κ3) is 2.55. The summed E-state index contributed by atoms with van der Waals surface area (Å²) >= 11 is 17.6. The molecule has 0 saturated carbocycles. The molecule has 1 aromatic carbocycles. The second kappa shape index (κ2) is 4.36. The van der Waals surface area contributed by atoms with Gasteiger partial charge in [0, 0.05) is 10.0 Å². The molecule has 1 rings (SSSR count). The number of hydrogen-bond acceptors (Lipinski definition) is 0. The molecule has 1 aromatic rings. The van der Waals surface area contributed by atoms with Gasteiger partial charge < -0.3 is 0 Å². The molecule has 0 saturated heterocycles. The lowest BCUT2D eigenvalue weighted by molar-refractivity contribution is 0.884. The predicted octanol–water partition coefficient (Wildman–Crippen LogP) is 4.68. The van der Waals surface area contributed by atoms with Crippen LogP contribution in [0.2, 0.25) is 10.0 Å². The van der Waals surface area contributed by atoms with Crippen molar-refractivity contribution in [3.8, 4) is 0 Å². The highest BCUT2D eigenvalue weighted by Gasteiger charge is 2.06. The molecule has 0 radical (unpaired) electrons. The maximum absolute atomic E-state index is 6.02. The summed E-state index contributed by atoms with van der Waals surface area (Å²) in [6, 6.07) is 5.38. The first-order valence-electron chi connectivity index (χ1n) is 3.73. The molecular weight excluding hydrogens is 214 g/mol. The second-order valence-corrected chi connectivity index (χ2v) is 3.98. The maximum atomic E-state index is 6.02. The fraction of sp³-hybridized carbons (Fsp3) is 0.333. The zero-order valence-electron chi connectivity index (χ0n) is 6.65. The molecule has 1 atom stereocenters. The van der Waals surface area contributed by atoms with E-state index in [1.54, 1.807) is 6.07 Å². The SMILES string of the molecule is CCC(Cl)c1cc(Cl)cc(Cl)c1. The lowest BCUT2D eigenvalue weighted by atomic mass is 10.1. The number of halogens is 3. The van der Waals surface area contributed by atoms with Gasteiger partial charge in [0.15, 0.2) is 0 Å². The zero-order valence-corrected chi connectivity index (χ0v) is 8.92. The third-order valence-corrected chi connectivity index (χ3v) is 2.60. The number of benzene rings is 1. The molecule has 0 N–H and O–H groups in total. The van der Waals surface area contributed by atoms with Crippen LogP contribution in [0.4, 0.5) is 0 Å². The Labute approximate surface area is 87.4 Å². The summed E-state index contributed by atoms with van der Waals surface area (Å²) in [5, 5.41) is 1.27. The Morgan fingerprint density at radius 2 is 1.67 bits per heavy atom. The Morgan fingerprint density at radius 1 is 1.17 bits per heavy atom. The van der Waals surface area contributed by atoms with E-state index in [1.165, 1.54) is 0 Å². The van der Waals surface area contributed by atoms with Crippen LogP contribution in [-0.2, 0) is 0 Å². The van der Waals surface area contributed by atoms with Crippen LogP contribution in [0.5, 0.6) is 0 Å². The van der Waals surface area contributed by atoms with Crippen molar-refractivity contribution in [3.63, 3.8) is 0 Å². The van der Waals surface area contributed by atoms with Gasteiger partial charge in [-0.3, -0.25) is 0 Å². The molecule has 0 amide bonds. The van der Waals surface area contributed by atoms with E-state index in [1.807, 2.05) is 19.1 Å².